The average Bonchev–Trinajstić information content (AvgIpc) is 2.47. The summed E-state index contributed by atoms with van der Waals surface area (Å²) >= 11 is 0. The fourth-order valence-electron chi connectivity index (χ4n) is 2.91. The molecule has 0 aromatic heterocycles. The van der Waals surface area contributed by atoms with E-state index in [2.05, 4.69) is 31.3 Å². The van der Waals surface area contributed by atoms with Crippen LogP contribution >= 0.6 is 0 Å². The fraction of sp³-hybridized carbons (Fsp3) is 0.500. The third-order valence-electron chi connectivity index (χ3n) is 4.71. The quantitative estimate of drug-likeness (QED) is 0.506. The Kier molecular flexibility index (Phi) is 4.13. The summed E-state index contributed by atoms with van der Waals surface area (Å²) in [5, 5.41) is 11.4. The number of hydrogen-bond acceptors (Lipinski definition) is 1. The van der Waals surface area contributed by atoms with Gasteiger partial charge in [0.2, 0.25) is 0 Å². The van der Waals surface area contributed by atoms with Gasteiger partial charge < -0.3 is 34.4 Å². The first-order chi connectivity index (χ1) is 7.80. The lowest BCUT2D eigenvalue weighted by molar-refractivity contribution is -0.655. The number of quaternary nitrogens is 1. The maximum atomic E-state index is 11.3. The van der Waals surface area contributed by atoms with Crippen molar-refractivity contribution < 1.29 is 39.2 Å². The SMILES string of the molecule is CC(C(=O)O)C1(C)[NH2+]c2ccccc2C1(C)C.[I-]. The summed E-state index contributed by atoms with van der Waals surface area (Å²) in [6.07, 6.45) is 0. The fourth-order valence-corrected chi connectivity index (χ4v) is 2.91. The number of carboxylic acid groups (broad SMARTS) is 1. The van der Waals surface area contributed by atoms with Crippen LogP contribution in [-0.2, 0) is 10.2 Å². The molecule has 0 amide bonds. The van der Waals surface area contributed by atoms with Gasteiger partial charge >= 0.3 is 5.97 Å². The van der Waals surface area contributed by atoms with Gasteiger partial charge in [0, 0.05) is 5.56 Å². The van der Waals surface area contributed by atoms with Crippen molar-refractivity contribution in [2.24, 2.45) is 5.92 Å². The van der Waals surface area contributed by atoms with E-state index in [1.165, 1.54) is 11.3 Å². The van der Waals surface area contributed by atoms with Crippen LogP contribution in [0.3, 0.4) is 0 Å². The second-order valence-electron chi connectivity index (χ2n) is 5.70. The molecule has 4 heteroatoms. The molecule has 3 N–H and O–H groups in total. The molecule has 1 aliphatic heterocycles. The van der Waals surface area contributed by atoms with Gasteiger partial charge in [0.25, 0.3) is 0 Å². The minimum atomic E-state index is -0.732. The highest BCUT2D eigenvalue weighted by Gasteiger charge is 2.58. The summed E-state index contributed by atoms with van der Waals surface area (Å²) in [4.78, 5) is 11.3. The molecule has 0 fully saturated rings. The molecule has 1 aromatic rings. The molecule has 1 aromatic carbocycles. The highest BCUT2D eigenvalue weighted by atomic mass is 127. The molecule has 0 spiro atoms. The number of benzene rings is 1. The van der Waals surface area contributed by atoms with Crippen molar-refractivity contribution in [3.8, 4) is 0 Å². The van der Waals surface area contributed by atoms with Crippen LogP contribution in [-0.4, -0.2) is 16.6 Å². The molecule has 1 aliphatic rings. The van der Waals surface area contributed by atoms with Crippen molar-refractivity contribution in [1.29, 1.82) is 0 Å². The number of carbonyl (C=O) groups is 1. The highest BCUT2D eigenvalue weighted by Crippen LogP contribution is 2.44. The molecule has 1 heterocycles. The van der Waals surface area contributed by atoms with E-state index in [9.17, 15) is 9.90 Å². The molecule has 2 rings (SSSR count). The zero-order valence-electron chi connectivity index (χ0n) is 11.2. The van der Waals surface area contributed by atoms with Crippen LogP contribution in [0.2, 0.25) is 0 Å². The maximum Gasteiger partial charge on any atom is 0.312 e. The van der Waals surface area contributed by atoms with Crippen molar-refractivity contribution in [2.75, 3.05) is 0 Å². The molecule has 0 saturated heterocycles. The zero-order chi connectivity index (χ0) is 12.8. The summed E-state index contributed by atoms with van der Waals surface area (Å²) in [5.41, 5.74) is 1.92. The Morgan fingerprint density at radius 3 is 2.33 bits per heavy atom. The number of halogens is 1. The molecule has 0 radical (unpaired) electrons. The van der Waals surface area contributed by atoms with Crippen LogP contribution < -0.4 is 29.3 Å². The highest BCUT2D eigenvalue weighted by molar-refractivity contribution is 5.72. The lowest BCUT2D eigenvalue weighted by atomic mass is 9.66. The van der Waals surface area contributed by atoms with Gasteiger partial charge in [-0.15, -0.1) is 0 Å². The molecule has 0 saturated carbocycles. The topological polar surface area (TPSA) is 53.9 Å². The predicted molar refractivity (Wildman–Crippen MR) is 66.3 cm³/mol. The third kappa shape index (κ3) is 1.95. The van der Waals surface area contributed by atoms with E-state index in [1.807, 2.05) is 19.1 Å². The number of para-hydroxylation sites is 1. The molecule has 2 atom stereocenters. The standard InChI is InChI=1S/C14H19NO2.HI/c1-9(12(16)17)14(4)13(2,3)10-7-5-6-8-11(10)15-14;/h5-9,15H,1-4H3,(H,16,17);1H. The lowest BCUT2D eigenvalue weighted by Gasteiger charge is -2.37. The summed E-state index contributed by atoms with van der Waals surface area (Å²) in [7, 11) is 0. The van der Waals surface area contributed by atoms with Crippen LogP contribution in [0.15, 0.2) is 24.3 Å². The van der Waals surface area contributed by atoms with E-state index < -0.39 is 11.9 Å². The molecule has 0 aliphatic carbocycles. The number of nitrogens with two attached hydrogens (primary N) is 1. The van der Waals surface area contributed by atoms with Gasteiger partial charge in [0.1, 0.15) is 17.1 Å². The van der Waals surface area contributed by atoms with Crippen LogP contribution in [0.25, 0.3) is 0 Å². The molecular weight excluding hydrogens is 341 g/mol. The molecular formula is C14H20INO2. The Labute approximate surface area is 125 Å². The second kappa shape index (κ2) is 4.81. The van der Waals surface area contributed by atoms with Crippen LogP contribution in [0, 0.1) is 5.92 Å². The Bertz CT molecular complexity index is 473. The van der Waals surface area contributed by atoms with Crippen molar-refractivity contribution in [1.82, 2.24) is 0 Å². The Morgan fingerprint density at radius 1 is 1.28 bits per heavy atom. The first-order valence-corrected chi connectivity index (χ1v) is 5.99. The van der Waals surface area contributed by atoms with E-state index in [4.69, 9.17) is 0 Å². The smallest absolute Gasteiger partial charge is 0.312 e. The zero-order valence-corrected chi connectivity index (χ0v) is 13.4. The van der Waals surface area contributed by atoms with E-state index in [0.29, 0.717) is 0 Å². The minimum absolute atomic E-state index is 0. The number of aliphatic carboxylic acids is 1. The van der Waals surface area contributed by atoms with Crippen molar-refractivity contribution in [3.63, 3.8) is 0 Å². The average molecular weight is 361 g/mol. The number of hydrogen-bond donors (Lipinski definition) is 2. The molecule has 0 bridgehead atoms. The molecule has 2 unspecified atom stereocenters. The lowest BCUT2D eigenvalue weighted by Crippen LogP contribution is -3.00. The van der Waals surface area contributed by atoms with Crippen molar-refractivity contribution >= 4 is 11.7 Å². The second-order valence-corrected chi connectivity index (χ2v) is 5.70. The monoisotopic (exact) mass is 361 g/mol. The van der Waals surface area contributed by atoms with Gasteiger partial charge in [0.15, 0.2) is 0 Å². The molecule has 3 nitrogen and oxygen atoms in total. The van der Waals surface area contributed by atoms with Crippen LogP contribution in [0.4, 0.5) is 5.69 Å². The summed E-state index contributed by atoms with van der Waals surface area (Å²) in [6.45, 7) is 8.11. The Hall–Kier alpha value is -0.620. The maximum absolute atomic E-state index is 11.3. The summed E-state index contributed by atoms with van der Waals surface area (Å²) < 4.78 is 0. The van der Waals surface area contributed by atoms with Crippen LogP contribution in [0.5, 0.6) is 0 Å². The van der Waals surface area contributed by atoms with Crippen molar-refractivity contribution in [2.45, 2.75) is 38.6 Å². The Morgan fingerprint density at radius 2 is 1.83 bits per heavy atom. The van der Waals surface area contributed by atoms with Gasteiger partial charge in [-0.05, 0) is 33.8 Å². The van der Waals surface area contributed by atoms with Gasteiger partial charge in [-0.25, -0.2) is 0 Å². The van der Waals surface area contributed by atoms with Gasteiger partial charge in [-0.2, -0.15) is 0 Å². The first kappa shape index (κ1) is 15.4. The first-order valence-electron chi connectivity index (χ1n) is 5.99. The van der Waals surface area contributed by atoms with E-state index in [-0.39, 0.29) is 34.9 Å². The largest absolute Gasteiger partial charge is 1.00 e. The van der Waals surface area contributed by atoms with Gasteiger partial charge in [-0.1, -0.05) is 18.2 Å². The van der Waals surface area contributed by atoms with E-state index in [0.717, 1.165) is 0 Å². The number of fused-ring (bicyclic) bond motifs is 1. The minimum Gasteiger partial charge on any atom is -1.00 e. The van der Waals surface area contributed by atoms with Gasteiger partial charge in [-0.3, -0.25) is 4.79 Å². The summed E-state index contributed by atoms with van der Waals surface area (Å²) in [5.74, 6) is -1.13. The molecule has 100 valence electrons. The van der Waals surface area contributed by atoms with E-state index >= 15 is 0 Å². The van der Waals surface area contributed by atoms with Crippen LogP contribution in [0.1, 0.15) is 33.3 Å². The molecule has 18 heavy (non-hydrogen) atoms. The van der Waals surface area contributed by atoms with Crippen molar-refractivity contribution in [3.05, 3.63) is 29.8 Å². The normalized spacial score (nSPS) is 26.0. The number of rotatable bonds is 2. The summed E-state index contributed by atoms with van der Waals surface area (Å²) in [6, 6.07) is 8.19. The van der Waals surface area contributed by atoms with Gasteiger partial charge in [0.05, 0.1) is 5.41 Å². The predicted octanol–water partition coefficient (Wildman–Crippen LogP) is -1.34. The third-order valence-corrected chi connectivity index (χ3v) is 4.71. The van der Waals surface area contributed by atoms with E-state index in [1.54, 1.807) is 6.92 Å². The number of carboxylic acids is 1. The Balaban J connectivity index is 0.00000162.